The van der Waals surface area contributed by atoms with E-state index in [2.05, 4.69) is 0 Å². The van der Waals surface area contributed by atoms with Gasteiger partial charge < -0.3 is 4.74 Å². The molecule has 0 unspecified atom stereocenters. The lowest BCUT2D eigenvalue weighted by molar-refractivity contribution is 0.304. The summed E-state index contributed by atoms with van der Waals surface area (Å²) >= 11 is 17.6. The van der Waals surface area contributed by atoms with Crippen LogP contribution in [-0.2, 0) is 12.5 Å². The summed E-state index contributed by atoms with van der Waals surface area (Å²) in [5.74, 6) is 1.13. The molecule has 0 fully saturated rings. The lowest BCUT2D eigenvalue weighted by atomic mass is 10.2. The Bertz CT molecular complexity index is 523. The summed E-state index contributed by atoms with van der Waals surface area (Å²) in [6.07, 6.45) is 0. The molecular weight excluding hydrogens is 291 g/mol. The van der Waals surface area contributed by atoms with Crippen LogP contribution < -0.4 is 4.74 Å². The highest BCUT2D eigenvalue weighted by atomic mass is 35.5. The number of rotatable bonds is 4. The molecule has 0 heterocycles. The van der Waals surface area contributed by atoms with Crippen LogP contribution in [0.4, 0.5) is 0 Å². The van der Waals surface area contributed by atoms with Gasteiger partial charge in [0.1, 0.15) is 12.4 Å². The smallest absolute Gasteiger partial charge is 0.124 e. The molecule has 0 aliphatic rings. The van der Waals surface area contributed by atoms with Crippen LogP contribution in [0.25, 0.3) is 0 Å². The number of hydrogen-bond acceptors (Lipinski definition) is 1. The van der Waals surface area contributed by atoms with E-state index in [0.29, 0.717) is 22.5 Å². The van der Waals surface area contributed by atoms with Crippen molar-refractivity contribution in [1.82, 2.24) is 0 Å². The standard InChI is InChI=1S/C14H11Cl3O/c15-8-11-7-13(17)5-6-14(11)18-9-10-1-3-12(16)4-2-10/h1-7H,8-9H2. The first-order valence-corrected chi connectivity index (χ1v) is 6.69. The fourth-order valence-electron chi connectivity index (χ4n) is 1.53. The molecule has 0 amide bonds. The summed E-state index contributed by atoms with van der Waals surface area (Å²) in [5.41, 5.74) is 1.94. The molecule has 0 aromatic heterocycles. The Hall–Kier alpha value is -0.890. The van der Waals surface area contributed by atoms with Gasteiger partial charge >= 0.3 is 0 Å². The molecule has 18 heavy (non-hydrogen) atoms. The molecule has 0 aliphatic carbocycles. The largest absolute Gasteiger partial charge is 0.489 e. The van der Waals surface area contributed by atoms with Crippen molar-refractivity contribution in [3.05, 3.63) is 63.6 Å². The normalized spacial score (nSPS) is 10.4. The number of halogens is 3. The molecular formula is C14H11Cl3O. The second-order valence-electron chi connectivity index (χ2n) is 3.80. The molecule has 0 bridgehead atoms. The van der Waals surface area contributed by atoms with Crippen molar-refractivity contribution in [3.8, 4) is 5.75 Å². The van der Waals surface area contributed by atoms with Gasteiger partial charge in [-0.05, 0) is 35.9 Å². The van der Waals surface area contributed by atoms with Gasteiger partial charge in [0, 0.05) is 15.6 Å². The third kappa shape index (κ3) is 3.55. The van der Waals surface area contributed by atoms with Gasteiger partial charge in [-0.3, -0.25) is 0 Å². The predicted octanol–water partition coefficient (Wildman–Crippen LogP) is 5.31. The quantitative estimate of drug-likeness (QED) is 0.695. The summed E-state index contributed by atoms with van der Waals surface area (Å²) in [4.78, 5) is 0. The van der Waals surface area contributed by atoms with E-state index in [0.717, 1.165) is 16.9 Å². The second kappa shape index (κ2) is 6.33. The molecule has 1 nitrogen and oxygen atoms in total. The summed E-state index contributed by atoms with van der Waals surface area (Å²) < 4.78 is 5.72. The van der Waals surface area contributed by atoms with E-state index in [9.17, 15) is 0 Å². The van der Waals surface area contributed by atoms with Crippen LogP contribution in [0.5, 0.6) is 5.75 Å². The number of alkyl halides is 1. The molecule has 2 aromatic rings. The van der Waals surface area contributed by atoms with Crippen molar-refractivity contribution in [3.63, 3.8) is 0 Å². The minimum Gasteiger partial charge on any atom is -0.489 e. The third-order valence-corrected chi connectivity index (χ3v) is 3.25. The van der Waals surface area contributed by atoms with Gasteiger partial charge in [0.25, 0.3) is 0 Å². The predicted molar refractivity (Wildman–Crippen MR) is 76.8 cm³/mol. The molecule has 94 valence electrons. The minimum absolute atomic E-state index is 0.372. The van der Waals surface area contributed by atoms with E-state index in [1.165, 1.54) is 0 Å². The average molecular weight is 302 g/mol. The number of benzene rings is 2. The first-order chi connectivity index (χ1) is 8.69. The summed E-state index contributed by atoms with van der Waals surface area (Å²) in [6.45, 7) is 0.475. The van der Waals surface area contributed by atoms with Gasteiger partial charge in [0.15, 0.2) is 0 Å². The Kier molecular flexibility index (Phi) is 4.76. The van der Waals surface area contributed by atoms with Gasteiger partial charge in [-0.2, -0.15) is 0 Å². The highest BCUT2D eigenvalue weighted by molar-refractivity contribution is 6.31. The van der Waals surface area contributed by atoms with Crippen LogP contribution in [0.1, 0.15) is 11.1 Å². The van der Waals surface area contributed by atoms with E-state index in [4.69, 9.17) is 39.5 Å². The van der Waals surface area contributed by atoms with E-state index in [1.807, 2.05) is 36.4 Å². The SMILES string of the molecule is ClCc1cc(Cl)ccc1OCc1ccc(Cl)cc1. The fourth-order valence-corrected chi connectivity index (χ4v) is 2.06. The Morgan fingerprint density at radius 1 is 0.889 bits per heavy atom. The molecule has 4 heteroatoms. The summed E-state index contributed by atoms with van der Waals surface area (Å²) in [5, 5.41) is 1.37. The van der Waals surface area contributed by atoms with Gasteiger partial charge in [-0.1, -0.05) is 35.3 Å². The van der Waals surface area contributed by atoms with Crippen molar-refractivity contribution in [2.45, 2.75) is 12.5 Å². The summed E-state index contributed by atoms with van der Waals surface area (Å²) in [6, 6.07) is 13.0. The highest BCUT2D eigenvalue weighted by Gasteiger charge is 2.04. The van der Waals surface area contributed by atoms with E-state index in [-0.39, 0.29) is 0 Å². The Labute approximate surface area is 121 Å². The van der Waals surface area contributed by atoms with Crippen molar-refractivity contribution >= 4 is 34.8 Å². The topological polar surface area (TPSA) is 9.23 Å². The highest BCUT2D eigenvalue weighted by Crippen LogP contribution is 2.25. The van der Waals surface area contributed by atoms with Gasteiger partial charge in [0.2, 0.25) is 0 Å². The summed E-state index contributed by atoms with van der Waals surface area (Å²) in [7, 11) is 0. The molecule has 0 aliphatic heterocycles. The average Bonchev–Trinajstić information content (AvgIpc) is 2.39. The molecule has 0 saturated heterocycles. The van der Waals surface area contributed by atoms with Crippen LogP contribution in [0.15, 0.2) is 42.5 Å². The van der Waals surface area contributed by atoms with Crippen LogP contribution in [0.2, 0.25) is 10.0 Å². The molecule has 0 N–H and O–H groups in total. The lowest BCUT2D eigenvalue weighted by Crippen LogP contribution is -1.97. The van der Waals surface area contributed by atoms with Crippen molar-refractivity contribution in [2.75, 3.05) is 0 Å². The van der Waals surface area contributed by atoms with E-state index in [1.54, 1.807) is 6.07 Å². The molecule has 2 rings (SSSR count). The van der Waals surface area contributed by atoms with Crippen LogP contribution >= 0.6 is 34.8 Å². The van der Waals surface area contributed by atoms with Gasteiger partial charge in [-0.25, -0.2) is 0 Å². The lowest BCUT2D eigenvalue weighted by Gasteiger charge is -2.10. The van der Waals surface area contributed by atoms with Crippen molar-refractivity contribution in [1.29, 1.82) is 0 Å². The molecule has 0 saturated carbocycles. The molecule has 0 atom stereocenters. The zero-order chi connectivity index (χ0) is 13.0. The van der Waals surface area contributed by atoms with Crippen LogP contribution in [0.3, 0.4) is 0 Å². The Morgan fingerprint density at radius 2 is 1.56 bits per heavy atom. The molecule has 0 spiro atoms. The zero-order valence-corrected chi connectivity index (χ0v) is 11.8. The first kappa shape index (κ1) is 13.5. The maximum atomic E-state index is 5.90. The monoisotopic (exact) mass is 300 g/mol. The molecule has 2 aromatic carbocycles. The van der Waals surface area contributed by atoms with E-state index < -0.39 is 0 Å². The first-order valence-electron chi connectivity index (χ1n) is 5.40. The number of hydrogen-bond donors (Lipinski definition) is 0. The van der Waals surface area contributed by atoms with Gasteiger partial charge in [-0.15, -0.1) is 11.6 Å². The van der Waals surface area contributed by atoms with Gasteiger partial charge in [0.05, 0.1) is 5.88 Å². The van der Waals surface area contributed by atoms with Crippen LogP contribution in [0, 0.1) is 0 Å². The fraction of sp³-hybridized carbons (Fsp3) is 0.143. The maximum Gasteiger partial charge on any atom is 0.124 e. The van der Waals surface area contributed by atoms with E-state index >= 15 is 0 Å². The zero-order valence-electron chi connectivity index (χ0n) is 9.50. The third-order valence-electron chi connectivity index (χ3n) is 2.47. The van der Waals surface area contributed by atoms with Crippen molar-refractivity contribution < 1.29 is 4.74 Å². The Morgan fingerprint density at radius 3 is 2.22 bits per heavy atom. The minimum atomic E-state index is 0.372. The second-order valence-corrected chi connectivity index (χ2v) is 4.94. The maximum absolute atomic E-state index is 5.90. The van der Waals surface area contributed by atoms with Crippen LogP contribution in [-0.4, -0.2) is 0 Å². The number of ether oxygens (including phenoxy) is 1. The van der Waals surface area contributed by atoms with Crippen molar-refractivity contribution in [2.24, 2.45) is 0 Å². The Balaban J connectivity index is 2.08. The molecule has 0 radical (unpaired) electrons.